The van der Waals surface area contributed by atoms with Gasteiger partial charge in [-0.25, -0.2) is 0 Å². The fourth-order valence-electron chi connectivity index (χ4n) is 4.05. The SMILES string of the molecule is CC1(C)CCCNC1CN1CCOC2CCCC21. The molecule has 3 nitrogen and oxygen atoms in total. The van der Waals surface area contributed by atoms with Crippen molar-refractivity contribution in [3.05, 3.63) is 0 Å². The van der Waals surface area contributed by atoms with Crippen molar-refractivity contribution in [3.8, 4) is 0 Å². The number of hydrogen-bond donors (Lipinski definition) is 1. The molecule has 104 valence electrons. The van der Waals surface area contributed by atoms with Crippen LogP contribution >= 0.6 is 0 Å². The Balaban J connectivity index is 1.64. The first kappa shape index (κ1) is 12.9. The first-order valence-electron chi connectivity index (χ1n) is 7.76. The molecule has 0 bridgehead atoms. The number of piperidine rings is 1. The Morgan fingerprint density at radius 3 is 3.00 bits per heavy atom. The Morgan fingerprint density at radius 1 is 1.28 bits per heavy atom. The molecule has 3 heteroatoms. The Bertz CT molecular complexity index is 292. The number of nitrogens with zero attached hydrogens (tertiary/aromatic N) is 1. The van der Waals surface area contributed by atoms with Crippen LogP contribution in [0.25, 0.3) is 0 Å². The maximum Gasteiger partial charge on any atom is 0.0730 e. The summed E-state index contributed by atoms with van der Waals surface area (Å²) in [5.41, 5.74) is 0.449. The van der Waals surface area contributed by atoms with E-state index >= 15 is 0 Å². The van der Waals surface area contributed by atoms with Gasteiger partial charge in [-0.15, -0.1) is 0 Å². The van der Waals surface area contributed by atoms with Crippen molar-refractivity contribution >= 4 is 0 Å². The summed E-state index contributed by atoms with van der Waals surface area (Å²) < 4.78 is 5.91. The summed E-state index contributed by atoms with van der Waals surface area (Å²) in [7, 11) is 0. The summed E-state index contributed by atoms with van der Waals surface area (Å²) in [4.78, 5) is 2.71. The highest BCUT2D eigenvalue weighted by atomic mass is 16.5. The van der Waals surface area contributed by atoms with Gasteiger partial charge >= 0.3 is 0 Å². The first-order valence-corrected chi connectivity index (χ1v) is 7.76. The molecule has 2 aliphatic heterocycles. The molecule has 3 fully saturated rings. The molecule has 1 aliphatic carbocycles. The van der Waals surface area contributed by atoms with Crippen molar-refractivity contribution in [1.29, 1.82) is 0 Å². The Kier molecular flexibility index (Phi) is 3.65. The molecule has 1 saturated carbocycles. The molecule has 0 aromatic rings. The van der Waals surface area contributed by atoms with Crippen LogP contribution in [0.3, 0.4) is 0 Å². The molecule has 3 atom stereocenters. The molecule has 2 saturated heterocycles. The molecular weight excluding hydrogens is 224 g/mol. The number of morpholine rings is 1. The summed E-state index contributed by atoms with van der Waals surface area (Å²) in [6, 6.07) is 1.36. The monoisotopic (exact) mass is 252 g/mol. The van der Waals surface area contributed by atoms with Crippen molar-refractivity contribution < 1.29 is 4.74 Å². The Morgan fingerprint density at radius 2 is 2.17 bits per heavy atom. The normalized spacial score (nSPS) is 40.7. The van der Waals surface area contributed by atoms with E-state index in [0.717, 1.165) is 13.2 Å². The fourth-order valence-corrected chi connectivity index (χ4v) is 4.05. The van der Waals surface area contributed by atoms with Gasteiger partial charge in [0.25, 0.3) is 0 Å². The number of ether oxygens (including phenoxy) is 1. The summed E-state index contributed by atoms with van der Waals surface area (Å²) >= 11 is 0. The molecule has 0 amide bonds. The second-order valence-corrected chi connectivity index (χ2v) is 7.00. The lowest BCUT2D eigenvalue weighted by atomic mass is 9.77. The number of fused-ring (bicyclic) bond motifs is 1. The molecule has 0 radical (unpaired) electrons. The zero-order valence-corrected chi connectivity index (χ0v) is 12.0. The highest BCUT2D eigenvalue weighted by Crippen LogP contribution is 2.34. The van der Waals surface area contributed by atoms with E-state index in [1.807, 2.05) is 0 Å². The van der Waals surface area contributed by atoms with E-state index in [4.69, 9.17) is 4.74 Å². The second kappa shape index (κ2) is 5.10. The van der Waals surface area contributed by atoms with Crippen LogP contribution in [0.4, 0.5) is 0 Å². The number of rotatable bonds is 2. The number of nitrogens with one attached hydrogen (secondary N) is 1. The maximum absolute atomic E-state index is 5.91. The molecule has 18 heavy (non-hydrogen) atoms. The molecule has 3 unspecified atom stereocenters. The Labute approximate surface area is 111 Å². The summed E-state index contributed by atoms with van der Waals surface area (Å²) in [5.74, 6) is 0. The van der Waals surface area contributed by atoms with E-state index in [2.05, 4.69) is 24.1 Å². The van der Waals surface area contributed by atoms with Gasteiger partial charge in [-0.2, -0.15) is 0 Å². The predicted molar refractivity (Wildman–Crippen MR) is 73.8 cm³/mol. The fraction of sp³-hybridized carbons (Fsp3) is 1.00. The van der Waals surface area contributed by atoms with E-state index in [9.17, 15) is 0 Å². The lowest BCUT2D eigenvalue weighted by molar-refractivity contribution is -0.0638. The summed E-state index contributed by atoms with van der Waals surface area (Å²) in [6.45, 7) is 9.35. The van der Waals surface area contributed by atoms with E-state index in [1.54, 1.807) is 0 Å². The van der Waals surface area contributed by atoms with Crippen molar-refractivity contribution in [3.63, 3.8) is 0 Å². The van der Waals surface area contributed by atoms with Crippen LogP contribution in [0.2, 0.25) is 0 Å². The zero-order valence-electron chi connectivity index (χ0n) is 12.0. The van der Waals surface area contributed by atoms with Crippen LogP contribution in [-0.2, 0) is 4.74 Å². The van der Waals surface area contributed by atoms with Crippen LogP contribution in [0.5, 0.6) is 0 Å². The van der Waals surface area contributed by atoms with E-state index in [0.29, 0.717) is 23.6 Å². The lowest BCUT2D eigenvalue weighted by Gasteiger charge is -2.45. The summed E-state index contributed by atoms with van der Waals surface area (Å²) in [6.07, 6.45) is 7.21. The molecule has 0 spiro atoms. The third-order valence-corrected chi connectivity index (χ3v) is 5.35. The second-order valence-electron chi connectivity index (χ2n) is 7.00. The topological polar surface area (TPSA) is 24.5 Å². The van der Waals surface area contributed by atoms with Crippen molar-refractivity contribution in [2.75, 3.05) is 26.2 Å². The van der Waals surface area contributed by atoms with Gasteiger partial charge in [0.1, 0.15) is 0 Å². The number of hydrogen-bond acceptors (Lipinski definition) is 3. The van der Waals surface area contributed by atoms with Crippen LogP contribution in [0, 0.1) is 5.41 Å². The van der Waals surface area contributed by atoms with Crippen LogP contribution in [0.1, 0.15) is 46.0 Å². The van der Waals surface area contributed by atoms with Gasteiger partial charge in [0.15, 0.2) is 0 Å². The zero-order chi connectivity index (χ0) is 12.6. The minimum absolute atomic E-state index is 0.449. The molecule has 1 N–H and O–H groups in total. The Hall–Kier alpha value is -0.120. The van der Waals surface area contributed by atoms with Gasteiger partial charge in [0.05, 0.1) is 12.7 Å². The van der Waals surface area contributed by atoms with Crippen molar-refractivity contribution in [2.45, 2.75) is 64.1 Å². The molecule has 2 heterocycles. The molecular formula is C15H28N2O. The minimum Gasteiger partial charge on any atom is -0.375 e. The van der Waals surface area contributed by atoms with Crippen molar-refractivity contribution in [1.82, 2.24) is 10.2 Å². The average Bonchev–Trinajstić information content (AvgIpc) is 2.81. The van der Waals surface area contributed by atoms with Crippen molar-refractivity contribution in [2.24, 2.45) is 5.41 Å². The molecule has 0 aromatic carbocycles. The minimum atomic E-state index is 0.449. The van der Waals surface area contributed by atoms with E-state index in [-0.39, 0.29) is 0 Å². The average molecular weight is 252 g/mol. The van der Waals surface area contributed by atoms with E-state index in [1.165, 1.54) is 45.2 Å². The van der Waals surface area contributed by atoms with Gasteiger partial charge in [0.2, 0.25) is 0 Å². The predicted octanol–water partition coefficient (Wildman–Crippen LogP) is 2.02. The van der Waals surface area contributed by atoms with Gasteiger partial charge < -0.3 is 10.1 Å². The van der Waals surface area contributed by atoms with Crippen LogP contribution in [-0.4, -0.2) is 49.3 Å². The first-order chi connectivity index (χ1) is 8.67. The third kappa shape index (κ3) is 2.45. The smallest absolute Gasteiger partial charge is 0.0730 e. The molecule has 3 aliphatic rings. The lowest BCUT2D eigenvalue weighted by Crippen LogP contribution is -2.58. The standard InChI is InChI=1S/C15H28N2O/c1-15(2)7-4-8-16-14(15)11-17-9-10-18-13-6-3-5-12(13)17/h12-14,16H,3-11H2,1-2H3. The van der Waals surface area contributed by atoms with Gasteiger partial charge in [-0.3, -0.25) is 4.90 Å². The van der Waals surface area contributed by atoms with E-state index < -0.39 is 0 Å². The highest BCUT2D eigenvalue weighted by molar-refractivity contribution is 4.95. The maximum atomic E-state index is 5.91. The summed E-state index contributed by atoms with van der Waals surface area (Å²) in [5, 5.41) is 3.75. The highest BCUT2D eigenvalue weighted by Gasteiger charge is 2.39. The largest absolute Gasteiger partial charge is 0.375 e. The molecule has 0 aromatic heterocycles. The molecule has 3 rings (SSSR count). The van der Waals surface area contributed by atoms with Gasteiger partial charge in [0, 0.05) is 25.2 Å². The van der Waals surface area contributed by atoms with Crippen LogP contribution < -0.4 is 5.32 Å². The third-order valence-electron chi connectivity index (χ3n) is 5.35. The quantitative estimate of drug-likeness (QED) is 0.814. The van der Waals surface area contributed by atoms with Crippen LogP contribution in [0.15, 0.2) is 0 Å². The van der Waals surface area contributed by atoms with Gasteiger partial charge in [-0.1, -0.05) is 13.8 Å². The van der Waals surface area contributed by atoms with Gasteiger partial charge in [-0.05, 0) is 44.1 Å².